The Morgan fingerprint density at radius 3 is 2.54 bits per heavy atom. The van der Waals surface area contributed by atoms with Crippen LogP contribution < -0.4 is 5.32 Å². The highest BCUT2D eigenvalue weighted by atomic mass is 32.1. The lowest BCUT2D eigenvalue weighted by Crippen LogP contribution is -2.13. The van der Waals surface area contributed by atoms with E-state index in [9.17, 15) is 19.5 Å². The van der Waals surface area contributed by atoms with Crippen molar-refractivity contribution >= 4 is 45.6 Å². The molecule has 0 aliphatic rings. The third-order valence-electron chi connectivity index (χ3n) is 4.08. The second-order valence-electron chi connectivity index (χ2n) is 5.84. The van der Waals surface area contributed by atoms with Gasteiger partial charge in [0, 0.05) is 16.5 Å². The van der Waals surface area contributed by atoms with Gasteiger partial charge in [-0.15, -0.1) is 11.3 Å². The summed E-state index contributed by atoms with van der Waals surface area (Å²) in [7, 11) is 0. The fourth-order valence-corrected chi connectivity index (χ4v) is 3.70. The summed E-state index contributed by atoms with van der Waals surface area (Å²) in [6.45, 7) is 0. The highest BCUT2D eigenvalue weighted by Crippen LogP contribution is 2.36. The number of fused-ring (bicyclic) bond motifs is 1. The van der Waals surface area contributed by atoms with E-state index in [4.69, 9.17) is 4.42 Å². The van der Waals surface area contributed by atoms with Crippen LogP contribution in [0, 0.1) is 0 Å². The fraction of sp³-hybridized carbons (Fsp3) is 0. The van der Waals surface area contributed by atoms with Gasteiger partial charge in [0.1, 0.15) is 22.4 Å². The van der Waals surface area contributed by atoms with Crippen molar-refractivity contribution in [1.82, 2.24) is 4.98 Å². The molecule has 0 saturated carbocycles. The van der Waals surface area contributed by atoms with Crippen LogP contribution in [0.25, 0.3) is 22.2 Å². The number of anilines is 1. The molecule has 0 fully saturated rings. The number of aromatic carboxylic acids is 1. The molecule has 0 aliphatic carbocycles. The smallest absolute Gasteiger partial charge is 0.339 e. The topological polar surface area (TPSA) is 110 Å². The molecule has 2 N–H and O–H groups in total. The third kappa shape index (κ3) is 3.17. The monoisotopic (exact) mass is 392 g/mol. The van der Waals surface area contributed by atoms with Crippen molar-refractivity contribution in [3.05, 3.63) is 70.9 Å². The summed E-state index contributed by atoms with van der Waals surface area (Å²) in [4.78, 5) is 39.2. The first-order valence-electron chi connectivity index (χ1n) is 8.14. The first kappa shape index (κ1) is 17.6. The highest BCUT2D eigenvalue weighted by Gasteiger charge is 2.23. The molecule has 138 valence electrons. The van der Waals surface area contributed by atoms with E-state index in [0.717, 1.165) is 11.3 Å². The summed E-state index contributed by atoms with van der Waals surface area (Å²) < 4.78 is 5.42. The number of hydrogen-bond donors (Lipinski definition) is 2. The van der Waals surface area contributed by atoms with Gasteiger partial charge >= 0.3 is 11.9 Å². The van der Waals surface area contributed by atoms with Crippen molar-refractivity contribution in [3.8, 4) is 11.1 Å². The lowest BCUT2D eigenvalue weighted by atomic mass is 10.0. The first-order valence-corrected chi connectivity index (χ1v) is 9.02. The number of oxazole rings is 1. The third-order valence-corrected chi connectivity index (χ3v) is 4.97. The Bertz CT molecular complexity index is 1170. The zero-order chi connectivity index (χ0) is 19.7. The average molecular weight is 392 g/mol. The van der Waals surface area contributed by atoms with Gasteiger partial charge in [-0.3, -0.25) is 9.59 Å². The van der Waals surface area contributed by atoms with Crippen LogP contribution in [0.4, 0.5) is 5.00 Å². The number of hydrogen-bond acceptors (Lipinski definition) is 6. The van der Waals surface area contributed by atoms with E-state index in [1.54, 1.807) is 53.9 Å². The second-order valence-corrected chi connectivity index (χ2v) is 6.72. The summed E-state index contributed by atoms with van der Waals surface area (Å²) in [6, 6.07) is 13.5. The SMILES string of the molecule is O=Cc1ccc(-c2csc(NC(=O)c3nc4ccccc4o3)c2C(=O)O)cc1. The van der Waals surface area contributed by atoms with E-state index in [2.05, 4.69) is 10.3 Å². The van der Waals surface area contributed by atoms with Crippen LogP contribution in [0.15, 0.2) is 58.3 Å². The number of nitrogens with zero attached hydrogens (tertiary/aromatic N) is 1. The van der Waals surface area contributed by atoms with Crippen LogP contribution in [-0.2, 0) is 0 Å². The molecule has 0 spiro atoms. The molecule has 1 amide bonds. The average Bonchev–Trinajstić information content (AvgIpc) is 3.32. The van der Waals surface area contributed by atoms with E-state index in [0.29, 0.717) is 34.1 Å². The van der Waals surface area contributed by atoms with E-state index in [1.165, 1.54) is 0 Å². The molecule has 0 unspecified atom stereocenters. The lowest BCUT2D eigenvalue weighted by molar-refractivity contribution is 0.0699. The molecule has 0 saturated heterocycles. The van der Waals surface area contributed by atoms with E-state index < -0.39 is 11.9 Å². The van der Waals surface area contributed by atoms with Gasteiger partial charge < -0.3 is 14.8 Å². The van der Waals surface area contributed by atoms with Crippen molar-refractivity contribution in [1.29, 1.82) is 0 Å². The molecular formula is C20H12N2O5S. The number of benzene rings is 2. The van der Waals surface area contributed by atoms with E-state index >= 15 is 0 Å². The Morgan fingerprint density at radius 2 is 1.86 bits per heavy atom. The number of carboxylic acid groups (broad SMARTS) is 1. The Labute approximate surface area is 162 Å². The zero-order valence-corrected chi connectivity index (χ0v) is 15.0. The number of aldehydes is 1. The molecule has 7 nitrogen and oxygen atoms in total. The number of thiophene rings is 1. The van der Waals surface area contributed by atoms with Crippen LogP contribution in [0.3, 0.4) is 0 Å². The Morgan fingerprint density at radius 1 is 1.11 bits per heavy atom. The highest BCUT2D eigenvalue weighted by molar-refractivity contribution is 7.15. The second kappa shape index (κ2) is 7.09. The predicted molar refractivity (Wildman–Crippen MR) is 104 cm³/mol. The van der Waals surface area contributed by atoms with Crippen molar-refractivity contribution < 1.29 is 23.9 Å². The molecule has 8 heteroatoms. The van der Waals surface area contributed by atoms with Gasteiger partial charge in [-0.1, -0.05) is 36.4 Å². The minimum Gasteiger partial charge on any atom is -0.478 e. The molecule has 2 aromatic carbocycles. The molecule has 0 radical (unpaired) electrons. The number of amides is 1. The van der Waals surface area contributed by atoms with Crippen LogP contribution in [0.2, 0.25) is 0 Å². The predicted octanol–water partition coefficient (Wildman–Crippen LogP) is 4.32. The van der Waals surface area contributed by atoms with E-state index in [1.807, 2.05) is 0 Å². The molecule has 2 aromatic heterocycles. The Hall–Kier alpha value is -3.78. The molecule has 0 atom stereocenters. The maximum Gasteiger partial charge on any atom is 0.339 e. The Balaban J connectivity index is 1.67. The van der Waals surface area contributed by atoms with Crippen LogP contribution in [0.5, 0.6) is 0 Å². The van der Waals surface area contributed by atoms with Crippen molar-refractivity contribution in [2.75, 3.05) is 5.32 Å². The van der Waals surface area contributed by atoms with Gasteiger partial charge in [-0.25, -0.2) is 9.78 Å². The minimum absolute atomic E-state index is 0.0340. The summed E-state index contributed by atoms with van der Waals surface area (Å²) in [5.41, 5.74) is 2.53. The summed E-state index contributed by atoms with van der Waals surface area (Å²) in [5.74, 6) is -1.96. The van der Waals surface area contributed by atoms with Gasteiger partial charge in [0.25, 0.3) is 5.89 Å². The van der Waals surface area contributed by atoms with Crippen molar-refractivity contribution in [2.24, 2.45) is 0 Å². The number of nitrogens with one attached hydrogen (secondary N) is 1. The number of carbonyl (C=O) groups is 3. The molecule has 4 aromatic rings. The molecular weight excluding hydrogens is 380 g/mol. The largest absolute Gasteiger partial charge is 0.478 e. The minimum atomic E-state index is -1.18. The van der Waals surface area contributed by atoms with Crippen molar-refractivity contribution in [2.45, 2.75) is 0 Å². The number of aromatic nitrogens is 1. The fourth-order valence-electron chi connectivity index (χ4n) is 2.74. The van der Waals surface area contributed by atoms with E-state index in [-0.39, 0.29) is 16.5 Å². The van der Waals surface area contributed by atoms with Crippen molar-refractivity contribution in [3.63, 3.8) is 0 Å². The number of carboxylic acids is 1. The molecule has 0 aliphatic heterocycles. The normalized spacial score (nSPS) is 10.7. The van der Waals surface area contributed by atoms with Gasteiger partial charge in [0.2, 0.25) is 0 Å². The molecule has 0 bridgehead atoms. The summed E-state index contributed by atoms with van der Waals surface area (Å²) in [5, 5.41) is 14.0. The zero-order valence-electron chi connectivity index (χ0n) is 14.2. The quantitative estimate of drug-likeness (QED) is 0.490. The molecule has 4 rings (SSSR count). The number of rotatable bonds is 5. The standard InChI is InChI=1S/C20H12N2O5S/c23-9-11-5-7-12(8-6-11)13-10-28-19(16(13)20(25)26)22-17(24)18-21-14-3-1-2-4-15(14)27-18/h1-10H,(H,22,24)(H,25,26). The number of para-hydroxylation sites is 2. The maximum absolute atomic E-state index is 12.5. The molecule has 28 heavy (non-hydrogen) atoms. The summed E-state index contributed by atoms with van der Waals surface area (Å²) >= 11 is 1.09. The van der Waals surface area contributed by atoms with Gasteiger partial charge in [0.15, 0.2) is 5.58 Å². The number of carbonyl (C=O) groups excluding carboxylic acids is 2. The maximum atomic E-state index is 12.5. The van der Waals surface area contributed by atoms with Gasteiger partial charge in [-0.05, 0) is 17.7 Å². The van der Waals surface area contributed by atoms with Crippen LogP contribution in [0.1, 0.15) is 31.4 Å². The summed E-state index contributed by atoms with van der Waals surface area (Å²) in [6.07, 6.45) is 0.710. The van der Waals surface area contributed by atoms with Gasteiger partial charge in [0.05, 0.1) is 0 Å². The van der Waals surface area contributed by atoms with Gasteiger partial charge in [-0.2, -0.15) is 0 Å². The van der Waals surface area contributed by atoms with Crippen LogP contribution in [-0.4, -0.2) is 28.3 Å². The lowest BCUT2D eigenvalue weighted by Gasteiger charge is -2.04. The van der Waals surface area contributed by atoms with Crippen LogP contribution >= 0.6 is 11.3 Å². The Kier molecular flexibility index (Phi) is 4.46. The first-order chi connectivity index (χ1) is 13.6. The molecule has 2 heterocycles.